The van der Waals surface area contributed by atoms with E-state index in [0.29, 0.717) is 19.6 Å². The van der Waals surface area contributed by atoms with E-state index in [4.69, 9.17) is 0 Å². The predicted molar refractivity (Wildman–Crippen MR) is 92.7 cm³/mol. The van der Waals surface area contributed by atoms with E-state index in [1.807, 2.05) is 57.7 Å². The van der Waals surface area contributed by atoms with Crippen molar-refractivity contribution in [3.05, 3.63) is 34.9 Å². The molecule has 0 bridgehead atoms. The van der Waals surface area contributed by atoms with Crippen LogP contribution in [0.4, 0.5) is 0 Å². The number of carbonyl (C=O) groups excluding carboxylic acids is 2. The van der Waals surface area contributed by atoms with E-state index in [1.165, 1.54) is 5.56 Å². The van der Waals surface area contributed by atoms with Gasteiger partial charge in [0.2, 0.25) is 5.91 Å². The summed E-state index contributed by atoms with van der Waals surface area (Å²) in [6, 6.07) is 5.96. The molecule has 1 amide bonds. The zero-order valence-electron chi connectivity index (χ0n) is 15.0. The minimum Gasteiger partial charge on any atom is -0.340 e. The molecule has 1 aromatic carbocycles. The zero-order chi connectivity index (χ0) is 17.2. The molecule has 0 N–H and O–H groups in total. The van der Waals surface area contributed by atoms with Gasteiger partial charge in [-0.05, 0) is 19.4 Å². The highest BCUT2D eigenvalue weighted by molar-refractivity contribution is 5.99. The summed E-state index contributed by atoms with van der Waals surface area (Å²) in [7, 11) is 0. The lowest BCUT2D eigenvalue weighted by Crippen LogP contribution is -2.52. The summed E-state index contributed by atoms with van der Waals surface area (Å²) >= 11 is 0. The second-order valence-corrected chi connectivity index (χ2v) is 7.56. The van der Waals surface area contributed by atoms with Crippen LogP contribution in [0.25, 0.3) is 0 Å². The van der Waals surface area contributed by atoms with Crippen LogP contribution in [0.3, 0.4) is 0 Å². The molecule has 1 heterocycles. The Morgan fingerprint density at radius 1 is 1.04 bits per heavy atom. The Balaban J connectivity index is 1.91. The van der Waals surface area contributed by atoms with Crippen LogP contribution in [-0.4, -0.2) is 54.2 Å². The van der Waals surface area contributed by atoms with E-state index in [0.717, 1.165) is 24.2 Å². The molecule has 0 unspecified atom stereocenters. The van der Waals surface area contributed by atoms with Gasteiger partial charge in [0.05, 0.1) is 6.54 Å². The molecule has 0 radical (unpaired) electrons. The van der Waals surface area contributed by atoms with Crippen molar-refractivity contribution in [2.75, 3.05) is 32.7 Å². The summed E-state index contributed by atoms with van der Waals surface area (Å²) in [5, 5.41) is 0. The summed E-state index contributed by atoms with van der Waals surface area (Å²) < 4.78 is 0. The normalized spacial score (nSPS) is 16.5. The third-order valence-electron chi connectivity index (χ3n) is 4.35. The molecule has 1 fully saturated rings. The fourth-order valence-corrected chi connectivity index (χ4v) is 3.00. The van der Waals surface area contributed by atoms with Crippen molar-refractivity contribution in [1.82, 2.24) is 9.80 Å². The average molecular weight is 316 g/mol. The molecular formula is C19H28N2O2. The number of hydrogen-bond donors (Lipinski definition) is 0. The van der Waals surface area contributed by atoms with Crippen LogP contribution in [-0.2, 0) is 4.79 Å². The molecular weight excluding hydrogens is 288 g/mol. The van der Waals surface area contributed by atoms with Gasteiger partial charge in [-0.3, -0.25) is 14.5 Å². The molecule has 0 saturated carbocycles. The summed E-state index contributed by atoms with van der Waals surface area (Å²) in [4.78, 5) is 28.8. The first kappa shape index (κ1) is 17.7. The van der Waals surface area contributed by atoms with Crippen LogP contribution in [0.15, 0.2) is 18.2 Å². The standard InChI is InChI=1S/C19H28N2O2/c1-14-6-7-16(15(2)12-14)17(22)13-20-8-10-21(11-9-20)18(23)19(3,4)5/h6-7,12H,8-11,13H2,1-5H3. The van der Waals surface area contributed by atoms with Crippen molar-refractivity contribution in [2.24, 2.45) is 5.41 Å². The highest BCUT2D eigenvalue weighted by atomic mass is 16.2. The van der Waals surface area contributed by atoms with E-state index in [1.54, 1.807) is 0 Å². The fraction of sp³-hybridized carbons (Fsp3) is 0.579. The quantitative estimate of drug-likeness (QED) is 0.805. The van der Waals surface area contributed by atoms with E-state index in [2.05, 4.69) is 4.90 Å². The second kappa shape index (κ2) is 6.83. The van der Waals surface area contributed by atoms with E-state index in [-0.39, 0.29) is 17.1 Å². The Morgan fingerprint density at radius 3 is 2.17 bits per heavy atom. The fourth-order valence-electron chi connectivity index (χ4n) is 3.00. The molecule has 1 aliphatic rings. The lowest BCUT2D eigenvalue weighted by molar-refractivity contribution is -0.141. The highest BCUT2D eigenvalue weighted by Crippen LogP contribution is 2.19. The largest absolute Gasteiger partial charge is 0.340 e. The highest BCUT2D eigenvalue weighted by Gasteiger charge is 2.30. The van der Waals surface area contributed by atoms with Gasteiger partial charge < -0.3 is 4.90 Å². The molecule has 0 atom stereocenters. The third-order valence-corrected chi connectivity index (χ3v) is 4.35. The molecule has 126 valence electrons. The Hall–Kier alpha value is -1.68. The van der Waals surface area contributed by atoms with Gasteiger partial charge in [-0.25, -0.2) is 0 Å². The summed E-state index contributed by atoms with van der Waals surface area (Å²) in [6.45, 7) is 13.2. The summed E-state index contributed by atoms with van der Waals surface area (Å²) in [5.74, 6) is 0.357. The monoisotopic (exact) mass is 316 g/mol. The minimum atomic E-state index is -0.336. The maximum absolute atomic E-state index is 12.5. The Labute approximate surface area is 139 Å². The molecule has 1 aliphatic heterocycles. The van der Waals surface area contributed by atoms with Crippen molar-refractivity contribution in [1.29, 1.82) is 0 Å². The van der Waals surface area contributed by atoms with Crippen molar-refractivity contribution in [3.63, 3.8) is 0 Å². The molecule has 4 heteroatoms. The molecule has 0 aromatic heterocycles. The van der Waals surface area contributed by atoms with Crippen molar-refractivity contribution in [3.8, 4) is 0 Å². The number of amides is 1. The molecule has 1 aromatic rings. The third kappa shape index (κ3) is 4.41. The van der Waals surface area contributed by atoms with Gasteiger partial charge in [0.15, 0.2) is 5.78 Å². The Kier molecular flexibility index (Phi) is 5.25. The number of aryl methyl sites for hydroxylation is 2. The Bertz CT molecular complexity index is 594. The van der Waals surface area contributed by atoms with Crippen LogP contribution >= 0.6 is 0 Å². The number of piperazine rings is 1. The smallest absolute Gasteiger partial charge is 0.228 e. The van der Waals surface area contributed by atoms with E-state index in [9.17, 15) is 9.59 Å². The molecule has 2 rings (SSSR count). The minimum absolute atomic E-state index is 0.165. The van der Waals surface area contributed by atoms with E-state index >= 15 is 0 Å². The van der Waals surface area contributed by atoms with Gasteiger partial charge >= 0.3 is 0 Å². The lowest BCUT2D eigenvalue weighted by Gasteiger charge is -2.37. The first-order valence-corrected chi connectivity index (χ1v) is 8.30. The van der Waals surface area contributed by atoms with Crippen LogP contribution in [0.5, 0.6) is 0 Å². The first-order chi connectivity index (χ1) is 10.7. The molecule has 0 aliphatic carbocycles. The van der Waals surface area contributed by atoms with Crippen LogP contribution in [0.1, 0.15) is 42.3 Å². The van der Waals surface area contributed by atoms with Crippen molar-refractivity contribution >= 4 is 11.7 Å². The zero-order valence-corrected chi connectivity index (χ0v) is 15.0. The first-order valence-electron chi connectivity index (χ1n) is 8.30. The van der Waals surface area contributed by atoms with Crippen LogP contribution < -0.4 is 0 Å². The van der Waals surface area contributed by atoms with Gasteiger partial charge in [0.25, 0.3) is 0 Å². The number of benzene rings is 1. The van der Waals surface area contributed by atoms with Crippen molar-refractivity contribution < 1.29 is 9.59 Å². The van der Waals surface area contributed by atoms with Crippen molar-refractivity contribution in [2.45, 2.75) is 34.6 Å². The number of nitrogens with zero attached hydrogens (tertiary/aromatic N) is 2. The average Bonchev–Trinajstić information content (AvgIpc) is 2.46. The maximum atomic E-state index is 12.5. The van der Waals surface area contributed by atoms with Crippen LogP contribution in [0, 0.1) is 19.3 Å². The van der Waals surface area contributed by atoms with Gasteiger partial charge in [0, 0.05) is 37.2 Å². The topological polar surface area (TPSA) is 40.6 Å². The van der Waals surface area contributed by atoms with Gasteiger partial charge in [0.1, 0.15) is 0 Å². The Morgan fingerprint density at radius 2 is 1.65 bits per heavy atom. The molecule has 4 nitrogen and oxygen atoms in total. The molecule has 0 spiro atoms. The van der Waals surface area contributed by atoms with Crippen LogP contribution in [0.2, 0.25) is 0 Å². The SMILES string of the molecule is Cc1ccc(C(=O)CN2CCN(C(=O)C(C)(C)C)CC2)c(C)c1. The van der Waals surface area contributed by atoms with Gasteiger partial charge in [-0.1, -0.05) is 44.5 Å². The van der Waals surface area contributed by atoms with Gasteiger partial charge in [-0.2, -0.15) is 0 Å². The van der Waals surface area contributed by atoms with Gasteiger partial charge in [-0.15, -0.1) is 0 Å². The van der Waals surface area contributed by atoms with E-state index < -0.39 is 0 Å². The number of ketones is 1. The second-order valence-electron chi connectivity index (χ2n) is 7.56. The number of Topliss-reactive ketones (excluding diaryl/α,β-unsaturated/α-hetero) is 1. The maximum Gasteiger partial charge on any atom is 0.228 e. The number of hydrogen-bond acceptors (Lipinski definition) is 3. The number of carbonyl (C=O) groups is 2. The molecule has 1 saturated heterocycles. The summed E-state index contributed by atoms with van der Waals surface area (Å²) in [5.41, 5.74) is 2.69. The molecule has 23 heavy (non-hydrogen) atoms. The lowest BCUT2D eigenvalue weighted by atomic mass is 9.94. The number of rotatable bonds is 3. The predicted octanol–water partition coefficient (Wildman–Crippen LogP) is 2.68. The summed E-state index contributed by atoms with van der Waals surface area (Å²) in [6.07, 6.45) is 0.